The molecule has 0 aromatic heterocycles. The van der Waals surface area contributed by atoms with Gasteiger partial charge in [-0.15, -0.1) is 0 Å². The van der Waals surface area contributed by atoms with Crippen LogP contribution < -0.4 is 5.32 Å². The number of alkyl halides is 3. The average Bonchev–Trinajstić information content (AvgIpc) is 2.66. The minimum Gasteiger partial charge on any atom is -0.465 e. The molecule has 0 heterocycles. The highest BCUT2D eigenvalue weighted by atomic mass is 35.5. The van der Waals surface area contributed by atoms with Crippen LogP contribution in [0.1, 0.15) is 42.4 Å². The van der Waals surface area contributed by atoms with Crippen molar-refractivity contribution in [3.63, 3.8) is 0 Å². The number of hydrogen-bond acceptors (Lipinski definition) is 3. The molecule has 172 valence electrons. The molecule has 0 bridgehead atoms. The summed E-state index contributed by atoms with van der Waals surface area (Å²) in [6.45, 7) is 0.363. The number of carbonyl (C=O) groups is 2. The van der Waals surface area contributed by atoms with Crippen LogP contribution in [0, 0.1) is 5.92 Å². The van der Waals surface area contributed by atoms with Crippen LogP contribution in [0.5, 0.6) is 0 Å². The summed E-state index contributed by atoms with van der Waals surface area (Å²) < 4.78 is 43.8. The van der Waals surface area contributed by atoms with Crippen LogP contribution in [-0.2, 0) is 33.3 Å². The Labute approximate surface area is 190 Å². The Kier molecular flexibility index (Phi) is 8.18. The van der Waals surface area contributed by atoms with E-state index in [0.717, 1.165) is 37.0 Å². The first-order valence-corrected chi connectivity index (χ1v) is 10.9. The molecule has 1 N–H and O–H groups in total. The quantitative estimate of drug-likeness (QED) is 0.505. The zero-order valence-electron chi connectivity index (χ0n) is 17.5. The summed E-state index contributed by atoms with van der Waals surface area (Å²) in [6.07, 6.45) is -0.988. The molecule has 0 saturated heterocycles. The number of rotatable bonds is 9. The summed E-state index contributed by atoms with van der Waals surface area (Å²) in [6, 6.07) is 11.0. The summed E-state index contributed by atoms with van der Waals surface area (Å²) in [5.41, 5.74) is 0.552. The molecule has 2 aromatic carbocycles. The van der Waals surface area contributed by atoms with E-state index in [1.165, 1.54) is 12.1 Å². The van der Waals surface area contributed by atoms with Gasteiger partial charge in [0, 0.05) is 11.1 Å². The topological polar surface area (TPSA) is 55.4 Å². The minimum atomic E-state index is -4.42. The third-order valence-electron chi connectivity index (χ3n) is 5.50. The molecule has 1 aliphatic rings. The average molecular weight is 468 g/mol. The molecule has 1 aliphatic carbocycles. The molecule has 8 heteroatoms. The van der Waals surface area contributed by atoms with Crippen LogP contribution in [0.3, 0.4) is 0 Å². The van der Waals surface area contributed by atoms with Crippen LogP contribution in [0.15, 0.2) is 48.5 Å². The monoisotopic (exact) mass is 467 g/mol. The summed E-state index contributed by atoms with van der Waals surface area (Å²) in [7, 11) is 0. The van der Waals surface area contributed by atoms with E-state index in [2.05, 4.69) is 5.32 Å². The second kappa shape index (κ2) is 10.9. The normalized spacial score (nSPS) is 15.0. The molecular formula is C24H25ClF3NO3. The van der Waals surface area contributed by atoms with E-state index < -0.39 is 23.8 Å². The van der Waals surface area contributed by atoms with Crippen LogP contribution >= 0.6 is 11.6 Å². The zero-order valence-corrected chi connectivity index (χ0v) is 18.2. The van der Waals surface area contributed by atoms with Crippen LogP contribution in [0.2, 0.25) is 5.02 Å². The lowest BCUT2D eigenvalue weighted by atomic mass is 9.86. The number of carbonyl (C=O) groups excluding carboxylic acids is 2. The molecule has 0 spiro atoms. The van der Waals surface area contributed by atoms with E-state index in [0.29, 0.717) is 23.1 Å². The second-order valence-electron chi connectivity index (χ2n) is 8.15. The fourth-order valence-corrected chi connectivity index (χ4v) is 3.74. The SMILES string of the molecule is O=C(Cc1cccc(Cl)c1)NC(CC(=O)OCC1CCC1)Cc1ccc(C(F)(F)F)cc1. The van der Waals surface area contributed by atoms with Crippen molar-refractivity contribution in [2.45, 2.75) is 50.7 Å². The van der Waals surface area contributed by atoms with Crippen molar-refractivity contribution in [1.29, 1.82) is 0 Å². The number of hydrogen-bond donors (Lipinski definition) is 1. The van der Waals surface area contributed by atoms with Gasteiger partial charge in [0.25, 0.3) is 0 Å². The molecule has 1 atom stereocenters. The predicted octanol–water partition coefficient (Wildman–Crippen LogP) is 5.36. The first-order valence-electron chi connectivity index (χ1n) is 10.5. The summed E-state index contributed by atoms with van der Waals surface area (Å²) in [4.78, 5) is 24.9. The molecule has 0 radical (unpaired) electrons. The lowest BCUT2D eigenvalue weighted by molar-refractivity contribution is -0.146. The molecule has 4 nitrogen and oxygen atoms in total. The Morgan fingerprint density at radius 3 is 2.41 bits per heavy atom. The van der Waals surface area contributed by atoms with Crippen LogP contribution in [-0.4, -0.2) is 24.5 Å². The van der Waals surface area contributed by atoms with Crippen molar-refractivity contribution in [3.8, 4) is 0 Å². The van der Waals surface area contributed by atoms with E-state index in [4.69, 9.17) is 16.3 Å². The number of benzene rings is 2. The van der Waals surface area contributed by atoms with Gasteiger partial charge in [0.1, 0.15) is 0 Å². The lowest BCUT2D eigenvalue weighted by Crippen LogP contribution is -2.39. The third-order valence-corrected chi connectivity index (χ3v) is 5.74. The molecule has 1 amide bonds. The van der Waals surface area contributed by atoms with E-state index in [9.17, 15) is 22.8 Å². The van der Waals surface area contributed by atoms with Gasteiger partial charge in [-0.2, -0.15) is 13.2 Å². The fraction of sp³-hybridized carbons (Fsp3) is 0.417. The largest absolute Gasteiger partial charge is 0.465 e. The highest BCUT2D eigenvalue weighted by Gasteiger charge is 2.30. The van der Waals surface area contributed by atoms with Gasteiger partial charge in [0.2, 0.25) is 5.91 Å². The van der Waals surface area contributed by atoms with Crippen molar-refractivity contribution in [3.05, 3.63) is 70.2 Å². The van der Waals surface area contributed by atoms with Crippen LogP contribution in [0.4, 0.5) is 13.2 Å². The third kappa shape index (κ3) is 7.55. The van der Waals surface area contributed by atoms with E-state index in [1.807, 2.05) is 0 Å². The van der Waals surface area contributed by atoms with Crippen molar-refractivity contribution >= 4 is 23.5 Å². The van der Waals surface area contributed by atoms with Gasteiger partial charge in [-0.25, -0.2) is 0 Å². The van der Waals surface area contributed by atoms with Crippen molar-refractivity contribution < 1.29 is 27.5 Å². The summed E-state index contributed by atoms with van der Waals surface area (Å²) in [5.74, 6) is -0.349. The first-order chi connectivity index (χ1) is 15.2. The predicted molar refractivity (Wildman–Crippen MR) is 115 cm³/mol. The number of amides is 1. The van der Waals surface area contributed by atoms with E-state index in [-0.39, 0.29) is 25.2 Å². The summed E-state index contributed by atoms with van der Waals surface area (Å²) in [5, 5.41) is 3.33. The molecular weight excluding hydrogens is 443 g/mol. The summed E-state index contributed by atoms with van der Waals surface area (Å²) >= 11 is 5.96. The second-order valence-corrected chi connectivity index (χ2v) is 8.59. The standard InChI is InChI=1S/C24H25ClF3NO3/c25-20-6-2-5-18(11-20)13-22(30)29-21(14-23(31)32-15-17-3-1-4-17)12-16-7-9-19(10-8-16)24(26,27)28/h2,5-11,17,21H,1,3-4,12-15H2,(H,29,30). The van der Waals surface area contributed by atoms with Gasteiger partial charge in [-0.3, -0.25) is 9.59 Å². The number of esters is 1. The molecule has 1 fully saturated rings. The number of ether oxygens (including phenoxy) is 1. The molecule has 32 heavy (non-hydrogen) atoms. The lowest BCUT2D eigenvalue weighted by Gasteiger charge is -2.25. The number of halogens is 4. The van der Waals surface area contributed by atoms with Gasteiger partial charge < -0.3 is 10.1 Å². The van der Waals surface area contributed by atoms with Gasteiger partial charge in [-0.05, 0) is 60.6 Å². The maximum Gasteiger partial charge on any atom is 0.416 e. The minimum absolute atomic E-state index is 0.0605. The maximum atomic E-state index is 12.8. The fourth-order valence-electron chi connectivity index (χ4n) is 3.53. The Balaban J connectivity index is 1.63. The van der Waals surface area contributed by atoms with E-state index in [1.54, 1.807) is 24.3 Å². The Bertz CT molecular complexity index is 927. The highest BCUT2D eigenvalue weighted by Crippen LogP contribution is 2.29. The Morgan fingerprint density at radius 2 is 1.81 bits per heavy atom. The van der Waals surface area contributed by atoms with Gasteiger partial charge in [0.05, 0.1) is 25.0 Å². The molecule has 2 aromatic rings. The van der Waals surface area contributed by atoms with Gasteiger partial charge in [0.15, 0.2) is 0 Å². The highest BCUT2D eigenvalue weighted by molar-refractivity contribution is 6.30. The molecule has 1 saturated carbocycles. The smallest absolute Gasteiger partial charge is 0.416 e. The van der Waals surface area contributed by atoms with E-state index >= 15 is 0 Å². The Hall–Kier alpha value is -2.54. The molecule has 0 aliphatic heterocycles. The van der Waals surface area contributed by atoms with Crippen molar-refractivity contribution in [1.82, 2.24) is 5.32 Å². The molecule has 1 unspecified atom stereocenters. The van der Waals surface area contributed by atoms with Gasteiger partial charge >= 0.3 is 12.1 Å². The molecule has 3 rings (SSSR count). The van der Waals surface area contributed by atoms with Gasteiger partial charge in [-0.1, -0.05) is 42.3 Å². The van der Waals surface area contributed by atoms with Crippen molar-refractivity contribution in [2.75, 3.05) is 6.61 Å². The Morgan fingerprint density at radius 1 is 1.09 bits per heavy atom. The van der Waals surface area contributed by atoms with Crippen molar-refractivity contribution in [2.24, 2.45) is 5.92 Å². The number of nitrogens with one attached hydrogen (secondary N) is 1. The maximum absolute atomic E-state index is 12.8. The zero-order chi connectivity index (χ0) is 23.1. The van der Waals surface area contributed by atoms with Crippen LogP contribution in [0.25, 0.3) is 0 Å². The first kappa shape index (κ1) is 24.1.